The summed E-state index contributed by atoms with van der Waals surface area (Å²) in [4.78, 5) is 17.8. The van der Waals surface area contributed by atoms with Gasteiger partial charge in [0.15, 0.2) is 0 Å². The second kappa shape index (κ2) is 5.19. The van der Waals surface area contributed by atoms with E-state index in [-0.39, 0.29) is 16.7 Å². The number of hydrogen-bond donors (Lipinski definition) is 2. The normalized spacial score (nSPS) is 11.1. The second-order valence-corrected chi connectivity index (χ2v) is 4.79. The number of nitrogens with zero attached hydrogens (tertiary/aromatic N) is 2. The quantitative estimate of drug-likeness (QED) is 0.690. The van der Waals surface area contributed by atoms with Gasteiger partial charge in [0.1, 0.15) is 4.90 Å². The first kappa shape index (κ1) is 12.8. The van der Waals surface area contributed by atoms with Crippen molar-refractivity contribution in [2.45, 2.75) is 4.90 Å². The molecule has 0 aliphatic rings. The molecule has 1 aromatic heterocycles. The van der Waals surface area contributed by atoms with Gasteiger partial charge in [-0.1, -0.05) is 0 Å². The maximum absolute atomic E-state index is 11.5. The van der Waals surface area contributed by atoms with Gasteiger partial charge < -0.3 is 5.32 Å². The van der Waals surface area contributed by atoms with E-state index >= 15 is 0 Å². The molecule has 0 unspecified atom stereocenters. The SMILES string of the molecule is CNC(=O)CNS(=O)(=O)c1cnc(Cl)nc1. The van der Waals surface area contributed by atoms with Crippen molar-refractivity contribution < 1.29 is 13.2 Å². The average molecular weight is 265 g/mol. The molecule has 0 bridgehead atoms. The molecule has 2 N–H and O–H groups in total. The van der Waals surface area contributed by atoms with Crippen molar-refractivity contribution in [3.8, 4) is 0 Å². The van der Waals surface area contributed by atoms with Crippen LogP contribution in [-0.4, -0.2) is 37.9 Å². The number of halogens is 1. The zero-order valence-electron chi connectivity index (χ0n) is 8.27. The minimum absolute atomic E-state index is 0.0507. The molecule has 16 heavy (non-hydrogen) atoms. The van der Waals surface area contributed by atoms with Crippen LogP contribution in [-0.2, 0) is 14.8 Å². The summed E-state index contributed by atoms with van der Waals surface area (Å²) >= 11 is 5.41. The van der Waals surface area contributed by atoms with Crippen LogP contribution in [0.25, 0.3) is 0 Å². The number of carbonyl (C=O) groups excluding carboxylic acids is 1. The number of likely N-dealkylation sites (N-methyl/N-ethyl adjacent to an activating group) is 1. The molecule has 0 aromatic carbocycles. The summed E-state index contributed by atoms with van der Waals surface area (Å²) in [5.41, 5.74) is 0. The Hall–Kier alpha value is -1.25. The van der Waals surface area contributed by atoms with Crippen LogP contribution in [0.3, 0.4) is 0 Å². The third-order valence-corrected chi connectivity index (χ3v) is 3.16. The van der Waals surface area contributed by atoms with Crippen molar-refractivity contribution in [1.29, 1.82) is 0 Å². The van der Waals surface area contributed by atoms with Gasteiger partial charge in [-0.2, -0.15) is 0 Å². The summed E-state index contributed by atoms with van der Waals surface area (Å²) in [6, 6.07) is 0. The van der Waals surface area contributed by atoms with Gasteiger partial charge >= 0.3 is 0 Å². The Kier molecular flexibility index (Phi) is 4.16. The fraction of sp³-hybridized carbons (Fsp3) is 0.286. The molecule has 0 radical (unpaired) electrons. The van der Waals surface area contributed by atoms with E-state index in [4.69, 9.17) is 11.6 Å². The second-order valence-electron chi connectivity index (χ2n) is 2.69. The lowest BCUT2D eigenvalue weighted by Gasteiger charge is -2.04. The molecule has 1 heterocycles. The Labute approximate surface area is 97.3 Å². The molecule has 1 rings (SSSR count). The summed E-state index contributed by atoms with van der Waals surface area (Å²) < 4.78 is 25.2. The van der Waals surface area contributed by atoms with Gasteiger partial charge in [-0.25, -0.2) is 23.1 Å². The molecule has 0 aliphatic carbocycles. The standard InChI is InChI=1S/C7H9ClN4O3S/c1-9-6(13)4-12-16(14,15)5-2-10-7(8)11-3-5/h2-3,12H,4H2,1H3,(H,9,13). The molecule has 88 valence electrons. The number of hydrogen-bond acceptors (Lipinski definition) is 5. The van der Waals surface area contributed by atoms with E-state index in [1.807, 2.05) is 0 Å². The predicted molar refractivity (Wildman–Crippen MR) is 56.3 cm³/mol. The van der Waals surface area contributed by atoms with Crippen molar-refractivity contribution in [2.75, 3.05) is 13.6 Å². The zero-order valence-corrected chi connectivity index (χ0v) is 9.84. The number of nitrogens with one attached hydrogen (secondary N) is 2. The third kappa shape index (κ3) is 3.40. The summed E-state index contributed by atoms with van der Waals surface area (Å²) in [7, 11) is -2.37. The van der Waals surface area contributed by atoms with Crippen molar-refractivity contribution in [3.05, 3.63) is 17.7 Å². The van der Waals surface area contributed by atoms with Crippen LogP contribution in [0.15, 0.2) is 17.3 Å². The van der Waals surface area contributed by atoms with Gasteiger partial charge in [-0.15, -0.1) is 0 Å². The highest BCUT2D eigenvalue weighted by molar-refractivity contribution is 7.89. The first-order chi connectivity index (χ1) is 7.45. The van der Waals surface area contributed by atoms with Crippen LogP contribution >= 0.6 is 11.6 Å². The van der Waals surface area contributed by atoms with Crippen molar-refractivity contribution >= 4 is 27.5 Å². The molecular weight excluding hydrogens is 256 g/mol. The number of carbonyl (C=O) groups is 1. The van der Waals surface area contributed by atoms with E-state index in [0.29, 0.717) is 0 Å². The van der Waals surface area contributed by atoms with Crippen LogP contribution < -0.4 is 10.0 Å². The molecule has 1 amide bonds. The van der Waals surface area contributed by atoms with Gasteiger partial charge in [0, 0.05) is 7.05 Å². The Balaban J connectivity index is 2.78. The summed E-state index contributed by atoms with van der Waals surface area (Å²) in [6.07, 6.45) is 2.11. The minimum Gasteiger partial charge on any atom is -0.358 e. The van der Waals surface area contributed by atoms with Crippen LogP contribution in [0.2, 0.25) is 5.28 Å². The largest absolute Gasteiger partial charge is 0.358 e. The van der Waals surface area contributed by atoms with E-state index in [2.05, 4.69) is 20.0 Å². The van der Waals surface area contributed by atoms with Crippen molar-refractivity contribution in [1.82, 2.24) is 20.0 Å². The summed E-state index contributed by atoms with van der Waals surface area (Å²) in [5.74, 6) is -0.446. The van der Waals surface area contributed by atoms with Crippen LogP contribution in [0, 0.1) is 0 Å². The van der Waals surface area contributed by atoms with Crippen LogP contribution in [0.5, 0.6) is 0 Å². The molecule has 0 saturated carbocycles. The molecule has 0 atom stereocenters. The maximum atomic E-state index is 11.5. The lowest BCUT2D eigenvalue weighted by molar-refractivity contribution is -0.119. The first-order valence-corrected chi connectivity index (χ1v) is 5.99. The summed E-state index contributed by atoms with van der Waals surface area (Å²) in [5, 5.41) is 2.23. The molecule has 9 heteroatoms. The van der Waals surface area contributed by atoms with Crippen LogP contribution in [0.4, 0.5) is 0 Å². The lowest BCUT2D eigenvalue weighted by atomic mass is 10.6. The molecule has 0 spiro atoms. The lowest BCUT2D eigenvalue weighted by Crippen LogP contribution is -2.35. The smallest absolute Gasteiger partial charge is 0.244 e. The Morgan fingerprint density at radius 3 is 2.50 bits per heavy atom. The van der Waals surface area contributed by atoms with Crippen molar-refractivity contribution in [2.24, 2.45) is 0 Å². The van der Waals surface area contributed by atoms with Gasteiger partial charge in [0.2, 0.25) is 21.2 Å². The maximum Gasteiger partial charge on any atom is 0.244 e. The monoisotopic (exact) mass is 264 g/mol. The molecule has 1 aromatic rings. The molecule has 0 saturated heterocycles. The highest BCUT2D eigenvalue weighted by Crippen LogP contribution is 2.06. The van der Waals surface area contributed by atoms with Gasteiger partial charge in [0.05, 0.1) is 18.9 Å². The fourth-order valence-electron chi connectivity index (χ4n) is 0.771. The van der Waals surface area contributed by atoms with Crippen molar-refractivity contribution in [3.63, 3.8) is 0 Å². The highest BCUT2D eigenvalue weighted by Gasteiger charge is 2.15. The fourth-order valence-corrected chi connectivity index (χ4v) is 1.74. The van der Waals surface area contributed by atoms with E-state index in [9.17, 15) is 13.2 Å². The molecule has 7 nitrogen and oxygen atoms in total. The van der Waals surface area contributed by atoms with Gasteiger partial charge in [-0.3, -0.25) is 4.79 Å². The highest BCUT2D eigenvalue weighted by atomic mass is 35.5. The predicted octanol–water partition coefficient (Wildman–Crippen LogP) is -0.846. The molecule has 0 aliphatic heterocycles. The molecular formula is C7H9ClN4O3S. The van der Waals surface area contributed by atoms with Gasteiger partial charge in [0.25, 0.3) is 0 Å². The zero-order chi connectivity index (χ0) is 12.2. The number of amides is 1. The van der Waals surface area contributed by atoms with Crippen LogP contribution in [0.1, 0.15) is 0 Å². The van der Waals surface area contributed by atoms with Gasteiger partial charge in [-0.05, 0) is 11.6 Å². The van der Waals surface area contributed by atoms with E-state index in [1.165, 1.54) is 7.05 Å². The number of rotatable bonds is 4. The summed E-state index contributed by atoms with van der Waals surface area (Å²) in [6.45, 7) is -0.346. The number of aromatic nitrogens is 2. The molecule has 0 fully saturated rings. The topological polar surface area (TPSA) is 101 Å². The number of sulfonamides is 1. The van der Waals surface area contributed by atoms with E-state index < -0.39 is 15.9 Å². The average Bonchev–Trinajstić information content (AvgIpc) is 2.26. The minimum atomic E-state index is -3.78. The Morgan fingerprint density at radius 1 is 1.44 bits per heavy atom. The Morgan fingerprint density at radius 2 is 2.00 bits per heavy atom. The van der Waals surface area contributed by atoms with E-state index in [0.717, 1.165) is 12.4 Å². The van der Waals surface area contributed by atoms with E-state index in [1.54, 1.807) is 0 Å². The Bertz CT molecular complexity index is 473. The third-order valence-electron chi connectivity index (χ3n) is 1.61. The first-order valence-electron chi connectivity index (χ1n) is 4.13.